The number of rotatable bonds is 11. The van der Waals surface area contributed by atoms with Crippen LogP contribution in [-0.4, -0.2) is 22.1 Å². The van der Waals surface area contributed by atoms with Gasteiger partial charge in [-0.15, -0.1) is 0 Å². The molecule has 5 heteroatoms. The topological polar surface area (TPSA) is 56.2 Å². The Balaban J connectivity index is 1.60. The smallest absolute Gasteiger partial charge is 0.220 e. The standard InChI is InChI=1S/C26H35N3O2/c1-5-10-26(30)27-18-25-28-22-11-6-7-12-23(22)29(25)15-8-9-16-31-24-17-20(4)13-14-21(24)19(2)3/h6-7,11-14,17,19H,5,8-10,15-16,18H2,1-4H3,(H,27,30). The normalized spacial score (nSPS) is 11.3. The van der Waals surface area contributed by atoms with Crippen molar-refractivity contribution < 1.29 is 9.53 Å². The molecule has 3 aromatic rings. The molecule has 166 valence electrons. The number of nitrogens with one attached hydrogen (secondary N) is 1. The fourth-order valence-corrected chi connectivity index (χ4v) is 3.80. The molecule has 1 aromatic heterocycles. The summed E-state index contributed by atoms with van der Waals surface area (Å²) < 4.78 is 8.37. The number of nitrogens with zero attached hydrogens (tertiary/aromatic N) is 2. The number of ether oxygens (including phenoxy) is 1. The Bertz CT molecular complexity index is 1010. The Morgan fingerprint density at radius 1 is 1.16 bits per heavy atom. The van der Waals surface area contributed by atoms with Gasteiger partial charge in [-0.2, -0.15) is 0 Å². The van der Waals surface area contributed by atoms with Crippen LogP contribution < -0.4 is 10.1 Å². The van der Waals surface area contributed by atoms with Crippen LogP contribution in [0.15, 0.2) is 42.5 Å². The summed E-state index contributed by atoms with van der Waals surface area (Å²) in [5.74, 6) is 2.43. The number of amides is 1. The number of imidazole rings is 1. The van der Waals surface area contributed by atoms with Gasteiger partial charge in [0.2, 0.25) is 5.91 Å². The lowest BCUT2D eigenvalue weighted by molar-refractivity contribution is -0.121. The van der Waals surface area contributed by atoms with Crippen molar-refractivity contribution in [2.75, 3.05) is 6.61 Å². The number of aryl methyl sites for hydroxylation is 2. The lowest BCUT2D eigenvalue weighted by Crippen LogP contribution is -2.24. The molecule has 0 bridgehead atoms. The zero-order chi connectivity index (χ0) is 22.2. The quantitative estimate of drug-likeness (QED) is 0.401. The van der Waals surface area contributed by atoms with E-state index in [1.54, 1.807) is 0 Å². The van der Waals surface area contributed by atoms with Crippen molar-refractivity contribution in [2.45, 2.75) is 72.4 Å². The minimum atomic E-state index is 0.0774. The van der Waals surface area contributed by atoms with Crippen LogP contribution in [0.25, 0.3) is 11.0 Å². The number of para-hydroxylation sites is 2. The number of carbonyl (C=O) groups is 1. The summed E-state index contributed by atoms with van der Waals surface area (Å²) in [4.78, 5) is 16.7. The SMILES string of the molecule is CCCC(=O)NCc1nc2ccccc2n1CCCCOc1cc(C)ccc1C(C)C. The van der Waals surface area contributed by atoms with E-state index < -0.39 is 0 Å². The van der Waals surface area contributed by atoms with E-state index >= 15 is 0 Å². The number of aromatic nitrogens is 2. The number of fused-ring (bicyclic) bond motifs is 1. The van der Waals surface area contributed by atoms with Crippen LogP contribution in [0.3, 0.4) is 0 Å². The Morgan fingerprint density at radius 2 is 1.97 bits per heavy atom. The van der Waals surface area contributed by atoms with Gasteiger partial charge in [0.05, 0.1) is 24.2 Å². The van der Waals surface area contributed by atoms with E-state index in [0.29, 0.717) is 25.5 Å². The Labute approximate surface area is 185 Å². The second kappa shape index (κ2) is 11.0. The molecule has 1 N–H and O–H groups in total. The zero-order valence-corrected chi connectivity index (χ0v) is 19.3. The fraction of sp³-hybridized carbons (Fsp3) is 0.462. The van der Waals surface area contributed by atoms with Crippen molar-refractivity contribution in [3.63, 3.8) is 0 Å². The van der Waals surface area contributed by atoms with Gasteiger partial charge in [0.1, 0.15) is 11.6 Å². The van der Waals surface area contributed by atoms with Crippen molar-refractivity contribution in [3.05, 3.63) is 59.4 Å². The van der Waals surface area contributed by atoms with Crippen molar-refractivity contribution >= 4 is 16.9 Å². The first-order valence-corrected chi connectivity index (χ1v) is 11.4. The molecule has 2 aromatic carbocycles. The third-order valence-electron chi connectivity index (χ3n) is 5.48. The molecule has 0 radical (unpaired) electrons. The Morgan fingerprint density at radius 3 is 2.74 bits per heavy atom. The fourth-order valence-electron chi connectivity index (χ4n) is 3.80. The summed E-state index contributed by atoms with van der Waals surface area (Å²) in [6, 6.07) is 14.6. The molecule has 3 rings (SSSR count). The van der Waals surface area contributed by atoms with Crippen molar-refractivity contribution in [1.29, 1.82) is 0 Å². The number of carbonyl (C=O) groups excluding carboxylic acids is 1. The van der Waals surface area contributed by atoms with Gasteiger partial charge in [-0.05, 0) is 61.4 Å². The van der Waals surface area contributed by atoms with Gasteiger partial charge >= 0.3 is 0 Å². The van der Waals surface area contributed by atoms with Crippen molar-refractivity contribution in [2.24, 2.45) is 0 Å². The molecule has 0 saturated carbocycles. The second-order valence-electron chi connectivity index (χ2n) is 8.45. The van der Waals surface area contributed by atoms with Gasteiger partial charge in [0.25, 0.3) is 0 Å². The molecule has 5 nitrogen and oxygen atoms in total. The molecule has 0 aliphatic heterocycles. The first-order valence-electron chi connectivity index (χ1n) is 11.4. The minimum absolute atomic E-state index is 0.0774. The maximum absolute atomic E-state index is 11.9. The molecule has 0 atom stereocenters. The van der Waals surface area contributed by atoms with E-state index in [1.807, 2.05) is 25.1 Å². The van der Waals surface area contributed by atoms with Crippen LogP contribution >= 0.6 is 0 Å². The lowest BCUT2D eigenvalue weighted by Gasteiger charge is -2.15. The average Bonchev–Trinajstić information content (AvgIpc) is 3.09. The zero-order valence-electron chi connectivity index (χ0n) is 19.3. The highest BCUT2D eigenvalue weighted by Crippen LogP contribution is 2.27. The maximum Gasteiger partial charge on any atom is 0.220 e. The molecule has 0 aliphatic carbocycles. The van der Waals surface area contributed by atoms with Crippen molar-refractivity contribution in [3.8, 4) is 5.75 Å². The van der Waals surface area contributed by atoms with E-state index in [4.69, 9.17) is 9.72 Å². The predicted octanol–water partition coefficient (Wildman–Crippen LogP) is 5.74. The van der Waals surface area contributed by atoms with Crippen LogP contribution in [0.5, 0.6) is 5.75 Å². The third kappa shape index (κ3) is 6.09. The van der Waals surface area contributed by atoms with Gasteiger partial charge in [-0.1, -0.05) is 45.0 Å². The van der Waals surface area contributed by atoms with E-state index in [-0.39, 0.29) is 5.91 Å². The summed E-state index contributed by atoms with van der Waals surface area (Å²) >= 11 is 0. The summed E-state index contributed by atoms with van der Waals surface area (Å²) in [6.45, 7) is 10.5. The van der Waals surface area contributed by atoms with Gasteiger partial charge in [0, 0.05) is 13.0 Å². The highest BCUT2D eigenvalue weighted by molar-refractivity contribution is 5.77. The second-order valence-corrected chi connectivity index (χ2v) is 8.45. The molecule has 1 heterocycles. The maximum atomic E-state index is 11.9. The summed E-state index contributed by atoms with van der Waals surface area (Å²) in [7, 11) is 0. The molecule has 0 aliphatic rings. The van der Waals surface area contributed by atoms with Crippen LogP contribution in [0, 0.1) is 6.92 Å². The van der Waals surface area contributed by atoms with Crippen LogP contribution in [0.1, 0.15) is 69.3 Å². The van der Waals surface area contributed by atoms with Crippen molar-refractivity contribution in [1.82, 2.24) is 14.9 Å². The first-order chi connectivity index (χ1) is 15.0. The van der Waals surface area contributed by atoms with E-state index in [1.165, 1.54) is 11.1 Å². The molecule has 0 spiro atoms. The highest BCUT2D eigenvalue weighted by atomic mass is 16.5. The summed E-state index contributed by atoms with van der Waals surface area (Å²) in [5.41, 5.74) is 4.57. The molecule has 31 heavy (non-hydrogen) atoms. The van der Waals surface area contributed by atoms with E-state index in [0.717, 1.165) is 48.4 Å². The largest absolute Gasteiger partial charge is 0.493 e. The van der Waals surface area contributed by atoms with Gasteiger partial charge < -0.3 is 14.6 Å². The Kier molecular flexibility index (Phi) is 8.10. The molecule has 0 fully saturated rings. The molecule has 1 amide bonds. The third-order valence-corrected chi connectivity index (χ3v) is 5.48. The number of hydrogen-bond donors (Lipinski definition) is 1. The van der Waals surface area contributed by atoms with Gasteiger partial charge in [-0.25, -0.2) is 4.98 Å². The van der Waals surface area contributed by atoms with Crippen LogP contribution in [-0.2, 0) is 17.9 Å². The van der Waals surface area contributed by atoms with Gasteiger partial charge in [-0.3, -0.25) is 4.79 Å². The monoisotopic (exact) mass is 421 g/mol. The summed E-state index contributed by atoms with van der Waals surface area (Å²) in [5, 5.41) is 3.00. The number of unbranched alkanes of at least 4 members (excludes halogenated alkanes) is 1. The molecular formula is C26H35N3O2. The highest BCUT2D eigenvalue weighted by Gasteiger charge is 2.12. The van der Waals surface area contributed by atoms with E-state index in [2.05, 4.69) is 54.9 Å². The number of benzene rings is 2. The Hall–Kier alpha value is -2.82. The van der Waals surface area contributed by atoms with E-state index in [9.17, 15) is 4.79 Å². The summed E-state index contributed by atoms with van der Waals surface area (Å²) in [6.07, 6.45) is 3.34. The lowest BCUT2D eigenvalue weighted by atomic mass is 10.0. The first kappa shape index (κ1) is 22.9. The van der Waals surface area contributed by atoms with Crippen LogP contribution in [0.2, 0.25) is 0 Å². The minimum Gasteiger partial charge on any atom is -0.493 e. The predicted molar refractivity (Wildman–Crippen MR) is 126 cm³/mol. The average molecular weight is 422 g/mol. The molecule has 0 unspecified atom stereocenters. The molecule has 0 saturated heterocycles. The van der Waals surface area contributed by atoms with Gasteiger partial charge in [0.15, 0.2) is 0 Å². The molecular weight excluding hydrogens is 386 g/mol. The number of hydrogen-bond acceptors (Lipinski definition) is 3. The van der Waals surface area contributed by atoms with Crippen LogP contribution in [0.4, 0.5) is 0 Å².